The van der Waals surface area contributed by atoms with Crippen molar-refractivity contribution in [3.8, 4) is 69.3 Å². The van der Waals surface area contributed by atoms with Crippen molar-refractivity contribution in [2.45, 2.75) is 27.7 Å². The summed E-state index contributed by atoms with van der Waals surface area (Å²) in [4.78, 5) is 64.3. The van der Waals surface area contributed by atoms with Gasteiger partial charge < -0.3 is 46.1 Å². The minimum Gasteiger partial charge on any atom is -0.484 e. The van der Waals surface area contributed by atoms with E-state index in [9.17, 15) is 19.2 Å². The summed E-state index contributed by atoms with van der Waals surface area (Å²) in [6, 6.07) is 43.9. The van der Waals surface area contributed by atoms with E-state index in [0.29, 0.717) is 109 Å². The van der Waals surface area contributed by atoms with E-state index in [4.69, 9.17) is 46.1 Å². The Hall–Kier alpha value is -8.84. The molecule has 0 radical (unpaired) electrons. The molecule has 13 rings (SSSR count). The highest BCUT2D eigenvalue weighted by Gasteiger charge is 2.18. The molecule has 26 nitrogen and oxygen atoms in total. The van der Waals surface area contributed by atoms with E-state index >= 15 is 0 Å². The van der Waals surface area contributed by atoms with Crippen LogP contribution in [0.1, 0.15) is 22.3 Å². The number of aromatic nitrogens is 8. The van der Waals surface area contributed by atoms with Crippen molar-refractivity contribution in [3.63, 3.8) is 0 Å². The van der Waals surface area contributed by atoms with Crippen LogP contribution >= 0.6 is 110 Å². The summed E-state index contributed by atoms with van der Waals surface area (Å²) in [5.74, 6) is 5.21. The fraction of sp³-hybridized carbons (Fsp3) is 0.188. The van der Waals surface area contributed by atoms with E-state index in [0.717, 1.165) is 94.8 Å². The molecule has 0 saturated carbocycles. The molecule has 1 aliphatic heterocycles. The van der Waals surface area contributed by atoms with Gasteiger partial charge in [0.05, 0.1) is 26.4 Å². The highest BCUT2D eigenvalue weighted by atomic mass is 79.9. The number of hydrogen-bond donors (Lipinski definition) is 4. The lowest BCUT2D eigenvalue weighted by molar-refractivity contribution is -0.118. The Kier molecular flexibility index (Phi) is 28.3. The van der Waals surface area contributed by atoms with Crippen LogP contribution in [0.3, 0.4) is 0 Å². The zero-order valence-electron chi connectivity index (χ0n) is 52.0. The van der Waals surface area contributed by atoms with Crippen molar-refractivity contribution in [1.82, 2.24) is 37.4 Å². The van der Waals surface area contributed by atoms with Crippen molar-refractivity contribution < 1.29 is 65.3 Å². The first kappa shape index (κ1) is 73.4. The van der Waals surface area contributed by atoms with E-state index in [-0.39, 0.29) is 50.1 Å². The molecule has 9 heterocycles. The normalized spacial score (nSPS) is 11.3. The van der Waals surface area contributed by atoms with Crippen molar-refractivity contribution in [1.29, 1.82) is 0 Å². The first-order chi connectivity index (χ1) is 47.4. The third kappa shape index (κ3) is 24.9. The zero-order valence-corrected chi connectivity index (χ0v) is 61.6. The molecule has 98 heavy (non-hydrogen) atoms. The number of benzene rings is 4. The molecule has 1 saturated heterocycles. The van der Waals surface area contributed by atoms with E-state index in [2.05, 4.69) is 122 Å². The van der Waals surface area contributed by atoms with Gasteiger partial charge in [-0.25, -0.2) is 0 Å². The van der Waals surface area contributed by atoms with E-state index in [1.165, 1.54) is 0 Å². The number of halogens is 4. The molecule has 0 aliphatic carbocycles. The molecule has 1 fully saturated rings. The number of ether oxygens (including phenoxy) is 6. The Morgan fingerprint density at radius 1 is 0.337 bits per heavy atom. The summed E-state index contributed by atoms with van der Waals surface area (Å²) in [5, 5.41) is 12.2. The Bertz CT molecular complexity index is 3910. The molecule has 1 aliphatic rings. The lowest BCUT2D eigenvalue weighted by Gasteiger charge is -2.09. The quantitative estimate of drug-likeness (QED) is 0.0551. The first-order valence-electron chi connectivity index (χ1n) is 28.9. The number of hydrogen-bond acceptors (Lipinski definition) is 26. The van der Waals surface area contributed by atoms with Crippen LogP contribution in [0.25, 0.3) is 46.3 Å². The Morgan fingerprint density at radius 2 is 0.541 bits per heavy atom. The monoisotopic (exact) mass is 1660 g/mol. The van der Waals surface area contributed by atoms with Gasteiger partial charge in [-0.15, -0.1) is 0 Å². The maximum atomic E-state index is 11.9. The summed E-state index contributed by atoms with van der Waals surface area (Å²) < 4.78 is 71.9. The number of carbonyl (C=O) groups excluding carboxylic acids is 4. The number of amides is 4. The molecule has 12 aromatic rings. The number of nitrogens with one attached hydrogen (secondary N) is 4. The summed E-state index contributed by atoms with van der Waals surface area (Å²) in [6.45, 7) is 10.7. The molecular weight excluding hydrogens is 1610 g/mol. The van der Waals surface area contributed by atoms with Crippen molar-refractivity contribution in [2.75, 3.05) is 74.1 Å². The number of nitrogens with zero attached hydrogens (tertiary/aromatic N) is 8. The predicted octanol–water partition coefficient (Wildman–Crippen LogP) is 15.6. The summed E-state index contributed by atoms with van der Waals surface area (Å²) >= 11 is 17.2. The van der Waals surface area contributed by atoms with Gasteiger partial charge in [-0.05, 0) is 188 Å². The van der Waals surface area contributed by atoms with Gasteiger partial charge in [0.2, 0.25) is 43.8 Å². The van der Waals surface area contributed by atoms with Crippen molar-refractivity contribution >= 4 is 154 Å². The Balaban J connectivity index is 0.000000148. The number of rotatable bonds is 20. The second kappa shape index (κ2) is 37.8. The standard InChI is InChI=1S/4C15H12BrN3O3S.C4H8O2/c4*1-9-2-4-10(5-3-9)21-8-13(20)17-15-18-14(19-23-15)11-6-7-12(16)22-11;1-2-6-4-3-5-1/h4*2-7H,8H2,1H3,(H,17,18,19,20);1-4H2. The largest absolute Gasteiger partial charge is 0.484 e. The molecule has 34 heteroatoms. The third-order valence-corrected chi connectivity index (χ3v) is 16.4. The van der Waals surface area contributed by atoms with Gasteiger partial charge in [-0.2, -0.15) is 37.4 Å². The second-order valence-electron chi connectivity index (χ2n) is 19.9. The number of carbonyl (C=O) groups is 4. The SMILES string of the molecule is C1COCCO1.Cc1ccc(OCC(=O)Nc2nc(-c3ccc(Br)o3)ns2)cc1.Cc1ccc(OCC(=O)Nc2nc(-c3ccc(Br)o3)ns2)cc1.Cc1ccc(OCC(=O)Nc2nc(-c3ccc(Br)o3)ns2)cc1.Cc1ccc(OCC(=O)Nc2nc(-c3ccc(Br)o3)ns2)cc1. The van der Waals surface area contributed by atoms with Gasteiger partial charge in [0.15, 0.2) is 68.1 Å². The molecule has 0 spiro atoms. The summed E-state index contributed by atoms with van der Waals surface area (Å²) in [5.41, 5.74) is 4.53. The maximum Gasteiger partial charge on any atom is 0.264 e. The highest BCUT2D eigenvalue weighted by molar-refractivity contribution is 9.11. The van der Waals surface area contributed by atoms with Crippen LogP contribution < -0.4 is 40.2 Å². The average Bonchev–Trinajstić information content (AvgIpc) is 1.83. The smallest absolute Gasteiger partial charge is 0.264 e. The van der Waals surface area contributed by atoms with Crippen LogP contribution in [0.4, 0.5) is 20.5 Å². The van der Waals surface area contributed by atoms with E-state index in [1.807, 2.05) is 125 Å². The first-order valence-corrected chi connectivity index (χ1v) is 35.2. The van der Waals surface area contributed by atoms with Crippen LogP contribution in [0, 0.1) is 27.7 Å². The topological polar surface area (TPSA) is 327 Å². The molecule has 0 atom stereocenters. The van der Waals surface area contributed by atoms with Gasteiger partial charge in [-0.3, -0.25) is 40.4 Å². The van der Waals surface area contributed by atoms with Crippen LogP contribution in [-0.2, 0) is 28.7 Å². The van der Waals surface area contributed by atoms with Crippen molar-refractivity contribution in [2.24, 2.45) is 0 Å². The third-order valence-electron chi connectivity index (χ3n) is 12.2. The average molecular weight is 1670 g/mol. The van der Waals surface area contributed by atoms with Crippen molar-refractivity contribution in [3.05, 3.63) is 187 Å². The second-order valence-corrected chi connectivity index (χ2v) is 26.1. The molecule has 8 aromatic heterocycles. The van der Waals surface area contributed by atoms with Gasteiger partial charge in [0.25, 0.3) is 23.6 Å². The number of aryl methyl sites for hydroxylation is 4. The number of anilines is 4. The molecular formula is C64H56Br4N12O14S4. The lowest BCUT2D eigenvalue weighted by Crippen LogP contribution is -2.20. The fourth-order valence-electron chi connectivity index (χ4n) is 7.43. The number of furan rings is 4. The highest BCUT2D eigenvalue weighted by Crippen LogP contribution is 2.30. The maximum absolute atomic E-state index is 11.9. The Morgan fingerprint density at radius 3 is 0.714 bits per heavy atom. The molecule has 4 aromatic carbocycles. The van der Waals surface area contributed by atoms with Gasteiger partial charge in [0, 0.05) is 46.1 Å². The van der Waals surface area contributed by atoms with E-state index in [1.54, 1.807) is 48.5 Å². The van der Waals surface area contributed by atoms with Crippen LogP contribution in [0.15, 0.2) is 182 Å². The molecule has 4 N–H and O–H groups in total. The molecule has 0 unspecified atom stereocenters. The van der Waals surface area contributed by atoms with Gasteiger partial charge >= 0.3 is 0 Å². The zero-order chi connectivity index (χ0) is 69.2. The van der Waals surface area contributed by atoms with Gasteiger partial charge in [0.1, 0.15) is 23.0 Å². The summed E-state index contributed by atoms with van der Waals surface area (Å²) in [6.07, 6.45) is 0. The lowest BCUT2D eigenvalue weighted by atomic mass is 10.2. The van der Waals surface area contributed by atoms with Gasteiger partial charge in [-0.1, -0.05) is 70.8 Å². The van der Waals surface area contributed by atoms with Crippen LogP contribution in [-0.4, -0.2) is 114 Å². The predicted molar refractivity (Wildman–Crippen MR) is 384 cm³/mol. The summed E-state index contributed by atoms with van der Waals surface area (Å²) in [7, 11) is 0. The minimum atomic E-state index is -0.297. The fourth-order valence-corrected chi connectivity index (χ4v) is 11.0. The molecule has 0 bridgehead atoms. The Labute approximate surface area is 609 Å². The van der Waals surface area contributed by atoms with E-state index < -0.39 is 0 Å². The molecule has 508 valence electrons. The molecule has 4 amide bonds. The minimum absolute atomic E-state index is 0.0930. The van der Waals surface area contributed by atoms with Crippen LogP contribution in [0.5, 0.6) is 23.0 Å². The van der Waals surface area contributed by atoms with Crippen LogP contribution in [0.2, 0.25) is 0 Å².